The normalized spacial score (nSPS) is 41.1. The highest BCUT2D eigenvalue weighted by Crippen LogP contribution is 2.53. The Morgan fingerprint density at radius 3 is 2.13 bits per heavy atom. The average molecular weight is 233 g/mol. The number of sulfone groups is 1. The van der Waals surface area contributed by atoms with Crippen molar-refractivity contribution < 1.29 is 13.5 Å². The Labute approximate surface area is 90.8 Å². The summed E-state index contributed by atoms with van der Waals surface area (Å²) in [5.74, 6) is -0.0878. The van der Waals surface area contributed by atoms with Crippen LogP contribution < -0.4 is 5.73 Å². The maximum atomic E-state index is 11.4. The van der Waals surface area contributed by atoms with Crippen LogP contribution in [0.4, 0.5) is 0 Å². The summed E-state index contributed by atoms with van der Waals surface area (Å²) in [7, 11) is -3.08. The Kier molecular flexibility index (Phi) is 2.09. The summed E-state index contributed by atoms with van der Waals surface area (Å²) in [4.78, 5) is 0. The molecule has 1 unspecified atom stereocenters. The zero-order valence-electron chi connectivity index (χ0n) is 9.28. The Balaban J connectivity index is 2.19. The maximum Gasteiger partial charge on any atom is 0.153 e. The Morgan fingerprint density at radius 2 is 1.80 bits per heavy atom. The van der Waals surface area contributed by atoms with E-state index in [0.717, 1.165) is 0 Å². The zero-order chi connectivity index (χ0) is 11.5. The minimum Gasteiger partial charge on any atom is -0.387 e. The molecule has 0 aromatic carbocycles. The second kappa shape index (κ2) is 2.76. The van der Waals surface area contributed by atoms with Gasteiger partial charge in [0.05, 0.1) is 17.1 Å². The van der Waals surface area contributed by atoms with Crippen LogP contribution in [0.2, 0.25) is 0 Å². The summed E-state index contributed by atoms with van der Waals surface area (Å²) in [5.41, 5.74) is 4.37. The van der Waals surface area contributed by atoms with Crippen molar-refractivity contribution in [3.8, 4) is 0 Å². The van der Waals surface area contributed by atoms with Crippen LogP contribution in [0, 0.1) is 5.41 Å². The van der Waals surface area contributed by atoms with Crippen LogP contribution in [0.25, 0.3) is 0 Å². The van der Waals surface area contributed by atoms with Gasteiger partial charge in [-0.05, 0) is 24.7 Å². The molecule has 1 aliphatic carbocycles. The van der Waals surface area contributed by atoms with Gasteiger partial charge >= 0.3 is 0 Å². The van der Waals surface area contributed by atoms with E-state index in [1.807, 2.05) is 0 Å². The molecule has 2 rings (SSSR count). The van der Waals surface area contributed by atoms with Crippen molar-refractivity contribution in [1.82, 2.24) is 0 Å². The second-order valence-corrected chi connectivity index (χ2v) is 8.23. The van der Waals surface area contributed by atoms with Gasteiger partial charge in [0.1, 0.15) is 0 Å². The molecule has 1 aliphatic heterocycles. The van der Waals surface area contributed by atoms with Crippen LogP contribution in [0.15, 0.2) is 0 Å². The highest BCUT2D eigenvalue weighted by Gasteiger charge is 2.61. The van der Waals surface area contributed by atoms with Crippen LogP contribution in [-0.2, 0) is 9.84 Å². The first-order valence-corrected chi connectivity index (χ1v) is 7.12. The lowest BCUT2D eigenvalue weighted by Crippen LogP contribution is -2.70. The molecule has 5 heteroatoms. The fourth-order valence-electron chi connectivity index (χ4n) is 3.21. The molecule has 1 saturated heterocycles. The molecular weight excluding hydrogens is 214 g/mol. The predicted molar refractivity (Wildman–Crippen MR) is 58.2 cm³/mol. The van der Waals surface area contributed by atoms with E-state index in [1.165, 1.54) is 0 Å². The quantitative estimate of drug-likeness (QED) is 0.671. The van der Waals surface area contributed by atoms with Crippen LogP contribution in [0.5, 0.6) is 0 Å². The number of hydrogen-bond acceptors (Lipinski definition) is 4. The molecule has 1 saturated carbocycles. The first-order chi connectivity index (χ1) is 6.58. The van der Waals surface area contributed by atoms with E-state index in [-0.39, 0.29) is 16.9 Å². The SMILES string of the molecule is CC1(C)CC(N)(C2(O)CCS(=O)(=O)C2)C1. The van der Waals surface area contributed by atoms with Gasteiger partial charge in [0.15, 0.2) is 9.84 Å². The fraction of sp³-hybridized carbons (Fsp3) is 1.00. The number of hydrogen-bond donors (Lipinski definition) is 2. The zero-order valence-corrected chi connectivity index (χ0v) is 10.1. The van der Waals surface area contributed by atoms with Crippen LogP contribution in [0.1, 0.15) is 33.1 Å². The van der Waals surface area contributed by atoms with E-state index in [2.05, 4.69) is 13.8 Å². The largest absolute Gasteiger partial charge is 0.387 e. The van der Waals surface area contributed by atoms with Gasteiger partial charge < -0.3 is 10.8 Å². The lowest BCUT2D eigenvalue weighted by Gasteiger charge is -2.57. The predicted octanol–water partition coefficient (Wildman–Crippen LogP) is 0.0535. The van der Waals surface area contributed by atoms with E-state index in [1.54, 1.807) is 0 Å². The third kappa shape index (κ3) is 1.70. The molecule has 15 heavy (non-hydrogen) atoms. The van der Waals surface area contributed by atoms with Crippen LogP contribution >= 0.6 is 0 Å². The molecule has 1 heterocycles. The molecule has 0 aromatic heterocycles. The van der Waals surface area contributed by atoms with E-state index >= 15 is 0 Å². The van der Waals surface area contributed by atoms with Gasteiger partial charge in [-0.25, -0.2) is 8.42 Å². The summed E-state index contributed by atoms with van der Waals surface area (Å²) < 4.78 is 22.8. The molecule has 88 valence electrons. The number of aliphatic hydroxyl groups is 1. The highest BCUT2D eigenvalue weighted by molar-refractivity contribution is 7.91. The molecular formula is C10H19NO3S. The summed E-state index contributed by atoms with van der Waals surface area (Å²) in [6, 6.07) is 0. The summed E-state index contributed by atoms with van der Waals surface area (Å²) in [6.07, 6.45) is 1.69. The van der Waals surface area contributed by atoms with E-state index in [9.17, 15) is 13.5 Å². The Morgan fingerprint density at radius 1 is 1.27 bits per heavy atom. The van der Waals surface area contributed by atoms with Crippen molar-refractivity contribution in [2.75, 3.05) is 11.5 Å². The standard InChI is InChI=1S/C10H19NO3S/c1-8(2)5-9(11,6-8)10(12)3-4-15(13,14)7-10/h12H,3-7,11H2,1-2H3. The molecule has 0 spiro atoms. The lowest BCUT2D eigenvalue weighted by molar-refractivity contribution is -0.100. The minimum absolute atomic E-state index is 0.0723. The van der Waals surface area contributed by atoms with Gasteiger partial charge in [0, 0.05) is 5.54 Å². The summed E-state index contributed by atoms with van der Waals surface area (Å²) >= 11 is 0. The lowest BCUT2D eigenvalue weighted by atomic mass is 9.53. The molecule has 0 aromatic rings. The fourth-order valence-corrected chi connectivity index (χ4v) is 5.16. The number of rotatable bonds is 1. The molecule has 3 N–H and O–H groups in total. The van der Waals surface area contributed by atoms with E-state index in [4.69, 9.17) is 5.73 Å². The van der Waals surface area contributed by atoms with E-state index < -0.39 is 21.0 Å². The van der Waals surface area contributed by atoms with Crippen molar-refractivity contribution >= 4 is 9.84 Å². The average Bonchev–Trinajstić information content (AvgIpc) is 2.22. The molecule has 2 aliphatic rings. The smallest absolute Gasteiger partial charge is 0.153 e. The van der Waals surface area contributed by atoms with Crippen molar-refractivity contribution in [2.24, 2.45) is 11.1 Å². The highest BCUT2D eigenvalue weighted by atomic mass is 32.2. The van der Waals surface area contributed by atoms with Gasteiger partial charge in [-0.3, -0.25) is 0 Å². The van der Waals surface area contributed by atoms with Gasteiger partial charge in [-0.1, -0.05) is 13.8 Å². The summed E-state index contributed by atoms with van der Waals surface area (Å²) in [5, 5.41) is 10.3. The molecule has 0 bridgehead atoms. The third-order valence-corrected chi connectivity index (χ3v) is 5.54. The molecule has 0 radical (unpaired) electrons. The number of nitrogens with two attached hydrogens (primary N) is 1. The molecule has 1 atom stereocenters. The monoisotopic (exact) mass is 233 g/mol. The molecule has 0 amide bonds. The maximum absolute atomic E-state index is 11.4. The third-order valence-electron chi connectivity index (χ3n) is 3.80. The van der Waals surface area contributed by atoms with Gasteiger partial charge in [0.25, 0.3) is 0 Å². The first-order valence-electron chi connectivity index (χ1n) is 5.29. The van der Waals surface area contributed by atoms with Gasteiger partial charge in [0.2, 0.25) is 0 Å². The topological polar surface area (TPSA) is 80.4 Å². The molecule has 4 nitrogen and oxygen atoms in total. The Hall–Kier alpha value is -0.130. The van der Waals surface area contributed by atoms with Crippen LogP contribution in [0.3, 0.4) is 0 Å². The Bertz CT molecular complexity index is 379. The van der Waals surface area contributed by atoms with Crippen molar-refractivity contribution in [2.45, 2.75) is 44.2 Å². The van der Waals surface area contributed by atoms with Gasteiger partial charge in [-0.2, -0.15) is 0 Å². The van der Waals surface area contributed by atoms with Gasteiger partial charge in [-0.15, -0.1) is 0 Å². The van der Waals surface area contributed by atoms with Crippen molar-refractivity contribution in [1.29, 1.82) is 0 Å². The van der Waals surface area contributed by atoms with E-state index in [0.29, 0.717) is 19.3 Å². The molecule has 2 fully saturated rings. The second-order valence-electron chi connectivity index (χ2n) is 6.05. The van der Waals surface area contributed by atoms with Crippen LogP contribution in [-0.4, -0.2) is 36.2 Å². The summed E-state index contributed by atoms with van der Waals surface area (Å²) in [6.45, 7) is 4.18. The van der Waals surface area contributed by atoms with Crippen molar-refractivity contribution in [3.63, 3.8) is 0 Å². The minimum atomic E-state index is -3.08. The van der Waals surface area contributed by atoms with Crippen molar-refractivity contribution in [3.05, 3.63) is 0 Å². The first kappa shape index (κ1) is 11.4.